The number of carbonyl (C=O) groups is 2. The van der Waals surface area contributed by atoms with Gasteiger partial charge < -0.3 is 10.1 Å². The maximum Gasteiger partial charge on any atom is 0.255 e. The molecular formula is C24H24FN3O3. The number of carbonyl (C=O) groups excluding carboxylic acids is 2. The number of nitrogens with one attached hydrogen (secondary N) is 2. The van der Waals surface area contributed by atoms with Crippen molar-refractivity contribution in [1.29, 1.82) is 0 Å². The average molecular weight is 421 g/mol. The van der Waals surface area contributed by atoms with Crippen molar-refractivity contribution < 1.29 is 18.7 Å². The summed E-state index contributed by atoms with van der Waals surface area (Å²) < 4.78 is 18.7. The minimum Gasteiger partial charge on any atom is -0.496 e. The van der Waals surface area contributed by atoms with Crippen molar-refractivity contribution in [2.24, 2.45) is 0 Å². The number of H-pyrrole nitrogens is 1. The number of nitrogens with zero attached hydrogens (tertiary/aromatic N) is 1. The number of halogens is 1. The molecule has 1 aliphatic rings. The van der Waals surface area contributed by atoms with Crippen molar-refractivity contribution in [1.82, 2.24) is 15.5 Å². The van der Waals surface area contributed by atoms with Gasteiger partial charge in [-0.1, -0.05) is 18.2 Å². The Balaban J connectivity index is 1.49. The molecule has 31 heavy (non-hydrogen) atoms. The molecule has 0 atom stereocenters. The van der Waals surface area contributed by atoms with Crippen LogP contribution in [-0.2, 0) is 11.3 Å². The molecule has 0 aliphatic heterocycles. The third-order valence-corrected chi connectivity index (χ3v) is 5.71. The van der Waals surface area contributed by atoms with Gasteiger partial charge in [0, 0.05) is 36.7 Å². The Morgan fingerprint density at radius 3 is 2.81 bits per heavy atom. The van der Waals surface area contributed by atoms with Crippen LogP contribution in [0.2, 0.25) is 0 Å². The summed E-state index contributed by atoms with van der Waals surface area (Å²) in [5, 5.41) is 10.2. The van der Waals surface area contributed by atoms with Gasteiger partial charge in [0.1, 0.15) is 17.3 Å². The van der Waals surface area contributed by atoms with Crippen LogP contribution in [0.1, 0.15) is 53.1 Å². The fourth-order valence-corrected chi connectivity index (χ4v) is 4.06. The predicted octanol–water partition coefficient (Wildman–Crippen LogP) is 4.38. The van der Waals surface area contributed by atoms with Crippen LogP contribution in [0, 0.1) is 5.82 Å². The number of ether oxygens (including phenoxy) is 1. The summed E-state index contributed by atoms with van der Waals surface area (Å²) in [4.78, 5) is 24.1. The van der Waals surface area contributed by atoms with Crippen molar-refractivity contribution in [3.05, 3.63) is 71.2 Å². The molecule has 0 unspecified atom stereocenters. The zero-order valence-corrected chi connectivity index (χ0v) is 17.3. The van der Waals surface area contributed by atoms with Gasteiger partial charge in [0.25, 0.3) is 5.91 Å². The van der Waals surface area contributed by atoms with E-state index in [-0.39, 0.29) is 12.1 Å². The van der Waals surface area contributed by atoms with E-state index in [1.807, 2.05) is 30.5 Å². The monoisotopic (exact) mass is 421 g/mol. The van der Waals surface area contributed by atoms with E-state index in [0.717, 1.165) is 41.3 Å². The lowest BCUT2D eigenvalue weighted by Crippen LogP contribution is -2.23. The first-order chi connectivity index (χ1) is 15.0. The minimum absolute atomic E-state index is 0.153. The van der Waals surface area contributed by atoms with Crippen molar-refractivity contribution in [3.8, 4) is 17.0 Å². The van der Waals surface area contributed by atoms with Crippen LogP contribution in [0.4, 0.5) is 4.39 Å². The van der Waals surface area contributed by atoms with Crippen LogP contribution in [-0.4, -0.2) is 29.0 Å². The van der Waals surface area contributed by atoms with Crippen LogP contribution < -0.4 is 10.1 Å². The molecule has 2 N–H and O–H groups in total. The number of aromatic nitrogens is 2. The van der Waals surface area contributed by atoms with E-state index in [4.69, 9.17) is 4.74 Å². The van der Waals surface area contributed by atoms with E-state index >= 15 is 0 Å². The Hall–Kier alpha value is -3.48. The van der Waals surface area contributed by atoms with Crippen molar-refractivity contribution in [3.63, 3.8) is 0 Å². The third-order valence-electron chi connectivity index (χ3n) is 5.71. The summed E-state index contributed by atoms with van der Waals surface area (Å²) in [5.74, 6) is 0.0569. The van der Waals surface area contributed by atoms with Gasteiger partial charge in [-0.15, -0.1) is 0 Å². The number of hydrogen-bond acceptors (Lipinski definition) is 4. The summed E-state index contributed by atoms with van der Waals surface area (Å²) in [7, 11) is 1.44. The number of rotatable bonds is 6. The molecule has 4 rings (SSSR count). The molecule has 1 aliphatic carbocycles. The van der Waals surface area contributed by atoms with Gasteiger partial charge in [0.05, 0.1) is 18.4 Å². The quantitative estimate of drug-likeness (QED) is 0.619. The zero-order chi connectivity index (χ0) is 21.8. The second-order valence-electron chi connectivity index (χ2n) is 7.73. The fourth-order valence-electron chi connectivity index (χ4n) is 4.06. The highest BCUT2D eigenvalue weighted by atomic mass is 19.1. The molecule has 1 aromatic heterocycles. The van der Waals surface area contributed by atoms with Gasteiger partial charge in [0.15, 0.2) is 0 Å². The Labute approximate surface area is 179 Å². The first-order valence-electron chi connectivity index (χ1n) is 10.3. The highest BCUT2D eigenvalue weighted by Crippen LogP contribution is 2.36. The lowest BCUT2D eigenvalue weighted by molar-refractivity contribution is -0.120. The number of amides is 1. The Morgan fingerprint density at radius 1 is 1.23 bits per heavy atom. The summed E-state index contributed by atoms with van der Waals surface area (Å²) in [6.07, 6.45) is 4.84. The molecule has 0 radical (unpaired) electrons. The van der Waals surface area contributed by atoms with Gasteiger partial charge in [-0.3, -0.25) is 14.7 Å². The number of Topliss-reactive ketones (excluding diaryl/α,β-unsaturated/α-hetero) is 1. The molecule has 1 saturated carbocycles. The largest absolute Gasteiger partial charge is 0.496 e. The van der Waals surface area contributed by atoms with Gasteiger partial charge in [-0.05, 0) is 48.6 Å². The van der Waals surface area contributed by atoms with Crippen LogP contribution >= 0.6 is 0 Å². The van der Waals surface area contributed by atoms with E-state index in [9.17, 15) is 14.0 Å². The van der Waals surface area contributed by atoms with Crippen LogP contribution in [0.5, 0.6) is 5.75 Å². The molecule has 0 saturated heterocycles. The van der Waals surface area contributed by atoms with E-state index in [1.165, 1.54) is 19.2 Å². The van der Waals surface area contributed by atoms with Gasteiger partial charge in [-0.25, -0.2) is 4.39 Å². The number of methoxy groups -OCH3 is 1. The maximum atomic E-state index is 13.6. The smallest absolute Gasteiger partial charge is 0.255 e. The summed E-state index contributed by atoms with van der Waals surface area (Å²) in [6.45, 7) is 0.282. The summed E-state index contributed by atoms with van der Waals surface area (Å²) in [5.41, 5.74) is 4.00. The molecule has 7 heteroatoms. The normalized spacial score (nSPS) is 14.5. The predicted molar refractivity (Wildman–Crippen MR) is 114 cm³/mol. The van der Waals surface area contributed by atoms with Crippen LogP contribution in [0.25, 0.3) is 11.3 Å². The van der Waals surface area contributed by atoms with Crippen molar-refractivity contribution >= 4 is 11.7 Å². The molecule has 3 aromatic rings. The Morgan fingerprint density at radius 2 is 2.03 bits per heavy atom. The lowest BCUT2D eigenvalue weighted by atomic mass is 9.83. The maximum absolute atomic E-state index is 13.6. The topological polar surface area (TPSA) is 84.1 Å². The first kappa shape index (κ1) is 20.8. The molecular weight excluding hydrogens is 397 g/mol. The molecule has 160 valence electrons. The van der Waals surface area contributed by atoms with E-state index in [2.05, 4.69) is 15.5 Å². The highest BCUT2D eigenvalue weighted by Gasteiger charge is 2.24. The molecule has 1 fully saturated rings. The highest BCUT2D eigenvalue weighted by molar-refractivity contribution is 5.96. The van der Waals surface area contributed by atoms with E-state index in [0.29, 0.717) is 30.3 Å². The number of ketones is 1. The van der Waals surface area contributed by atoms with Gasteiger partial charge in [-0.2, -0.15) is 5.10 Å². The minimum atomic E-state index is -0.497. The average Bonchev–Trinajstić information content (AvgIpc) is 3.28. The lowest BCUT2D eigenvalue weighted by Gasteiger charge is -2.21. The second-order valence-corrected chi connectivity index (χ2v) is 7.73. The molecule has 1 heterocycles. The van der Waals surface area contributed by atoms with Crippen LogP contribution in [0.15, 0.2) is 48.7 Å². The van der Waals surface area contributed by atoms with Crippen molar-refractivity contribution in [2.45, 2.75) is 38.1 Å². The number of aromatic amines is 1. The van der Waals surface area contributed by atoms with Gasteiger partial charge in [0.2, 0.25) is 0 Å². The summed E-state index contributed by atoms with van der Waals surface area (Å²) >= 11 is 0. The molecule has 2 aromatic carbocycles. The molecule has 6 nitrogen and oxygen atoms in total. The Bertz CT molecular complexity index is 1100. The third kappa shape index (κ3) is 4.66. The number of hydrogen-bond donors (Lipinski definition) is 2. The molecule has 1 amide bonds. The van der Waals surface area contributed by atoms with E-state index < -0.39 is 11.7 Å². The zero-order valence-electron chi connectivity index (χ0n) is 17.3. The first-order valence-corrected chi connectivity index (χ1v) is 10.3. The van der Waals surface area contributed by atoms with Crippen LogP contribution in [0.3, 0.4) is 0 Å². The Kier molecular flexibility index (Phi) is 6.11. The SMILES string of the molecule is COc1ccc(F)cc1C(=O)NCc1cccc(-c2n[nH]cc2C2CCC(=O)CC2)c1. The molecule has 0 spiro atoms. The van der Waals surface area contributed by atoms with Crippen molar-refractivity contribution in [2.75, 3.05) is 7.11 Å². The molecule has 0 bridgehead atoms. The van der Waals surface area contributed by atoms with Gasteiger partial charge >= 0.3 is 0 Å². The fraction of sp³-hybridized carbons (Fsp3) is 0.292. The standard InChI is InChI=1S/C24H24FN3O3/c1-31-22-10-7-18(25)12-20(22)24(30)26-13-15-3-2-4-17(11-15)23-21(14-27-28-23)16-5-8-19(29)9-6-16/h2-4,7,10-12,14,16H,5-6,8-9,13H2,1H3,(H,26,30)(H,27,28). The number of benzene rings is 2. The summed E-state index contributed by atoms with van der Waals surface area (Å²) in [6, 6.07) is 11.6. The second kappa shape index (κ2) is 9.12. The van der Waals surface area contributed by atoms with E-state index in [1.54, 1.807) is 0 Å².